The fourth-order valence-corrected chi connectivity index (χ4v) is 2.35. The maximum Gasteiger partial charge on any atom is 0.256 e. The van der Waals surface area contributed by atoms with Crippen molar-refractivity contribution in [3.05, 3.63) is 57.4 Å². The van der Waals surface area contributed by atoms with Gasteiger partial charge in [0.2, 0.25) is 0 Å². The zero-order valence-corrected chi connectivity index (χ0v) is 9.91. The molecule has 1 N–H and O–H groups in total. The molecule has 0 radical (unpaired) electrons. The van der Waals surface area contributed by atoms with Gasteiger partial charge in [0.25, 0.3) is 5.56 Å². The van der Waals surface area contributed by atoms with Crippen molar-refractivity contribution in [2.24, 2.45) is 0 Å². The number of halogens is 1. The summed E-state index contributed by atoms with van der Waals surface area (Å²) in [6.07, 6.45) is 0. The van der Waals surface area contributed by atoms with Crippen molar-refractivity contribution in [2.45, 2.75) is 0 Å². The molecule has 0 saturated carbocycles. The van der Waals surface area contributed by atoms with Crippen molar-refractivity contribution < 1.29 is 0 Å². The highest BCUT2D eigenvalue weighted by molar-refractivity contribution is 9.10. The molecule has 0 saturated heterocycles. The Balaban J connectivity index is 2.56. The minimum absolute atomic E-state index is 0.0601. The van der Waals surface area contributed by atoms with Crippen LogP contribution in [0.2, 0.25) is 0 Å². The van der Waals surface area contributed by atoms with Gasteiger partial charge in [-0.1, -0.05) is 24.3 Å². The topological polar surface area (TPSA) is 32.9 Å². The molecule has 0 aliphatic heterocycles. The summed E-state index contributed by atoms with van der Waals surface area (Å²) in [5.74, 6) is 0. The van der Waals surface area contributed by atoms with E-state index in [9.17, 15) is 4.79 Å². The third kappa shape index (κ3) is 1.44. The summed E-state index contributed by atoms with van der Waals surface area (Å²) in [4.78, 5) is 14.5. The Bertz CT molecular complexity index is 746. The number of aromatic nitrogens is 1. The smallest absolute Gasteiger partial charge is 0.256 e. The first-order chi connectivity index (χ1) is 7.74. The molecule has 1 aromatic heterocycles. The van der Waals surface area contributed by atoms with Crippen molar-refractivity contribution in [3.63, 3.8) is 0 Å². The number of benzene rings is 2. The van der Waals surface area contributed by atoms with Crippen LogP contribution in [0, 0.1) is 0 Å². The predicted octanol–water partition coefficient (Wildman–Crippen LogP) is 3.44. The van der Waals surface area contributed by atoms with E-state index in [4.69, 9.17) is 0 Å². The maximum atomic E-state index is 11.8. The van der Waals surface area contributed by atoms with Crippen LogP contribution in [-0.4, -0.2) is 4.98 Å². The fourth-order valence-electron chi connectivity index (χ4n) is 1.92. The van der Waals surface area contributed by atoms with Gasteiger partial charge in [-0.25, -0.2) is 0 Å². The Hall–Kier alpha value is -1.61. The number of rotatable bonds is 0. The van der Waals surface area contributed by atoms with Gasteiger partial charge in [0, 0.05) is 5.39 Å². The minimum atomic E-state index is -0.0601. The second-order valence-electron chi connectivity index (χ2n) is 3.73. The molecule has 0 aliphatic rings. The molecule has 2 nitrogen and oxygen atoms in total. The van der Waals surface area contributed by atoms with E-state index >= 15 is 0 Å². The SMILES string of the molecule is O=c1[nH]c(Br)cc2cc3ccccc3cc12. The summed E-state index contributed by atoms with van der Waals surface area (Å²) < 4.78 is 0.709. The molecule has 3 heteroatoms. The lowest BCUT2D eigenvalue weighted by Crippen LogP contribution is -2.05. The van der Waals surface area contributed by atoms with Crippen molar-refractivity contribution >= 4 is 37.5 Å². The number of fused-ring (bicyclic) bond motifs is 2. The molecule has 0 bridgehead atoms. The Morgan fingerprint density at radius 1 is 0.938 bits per heavy atom. The lowest BCUT2D eigenvalue weighted by molar-refractivity contribution is 1.23. The van der Waals surface area contributed by atoms with E-state index in [1.165, 1.54) is 0 Å². The first-order valence-electron chi connectivity index (χ1n) is 4.95. The highest BCUT2D eigenvalue weighted by Gasteiger charge is 2.02. The monoisotopic (exact) mass is 273 g/mol. The Kier molecular flexibility index (Phi) is 2.07. The molecule has 0 spiro atoms. The van der Waals surface area contributed by atoms with E-state index in [2.05, 4.69) is 20.9 Å². The summed E-state index contributed by atoms with van der Waals surface area (Å²) in [5.41, 5.74) is -0.0601. The van der Waals surface area contributed by atoms with Crippen molar-refractivity contribution in [3.8, 4) is 0 Å². The van der Waals surface area contributed by atoms with Crippen LogP contribution in [0.25, 0.3) is 21.5 Å². The third-order valence-corrected chi connectivity index (χ3v) is 3.10. The number of H-pyrrole nitrogens is 1. The average molecular weight is 274 g/mol. The summed E-state index contributed by atoms with van der Waals surface area (Å²) in [6.45, 7) is 0. The van der Waals surface area contributed by atoms with E-state index in [0.29, 0.717) is 4.60 Å². The molecule has 0 unspecified atom stereocenters. The summed E-state index contributed by atoms with van der Waals surface area (Å²) >= 11 is 3.29. The number of aromatic amines is 1. The molecule has 0 atom stereocenters. The van der Waals surface area contributed by atoms with Gasteiger partial charge in [-0.3, -0.25) is 4.79 Å². The molecule has 3 aromatic rings. The van der Waals surface area contributed by atoms with Crippen LogP contribution >= 0.6 is 15.9 Å². The Morgan fingerprint density at radius 2 is 1.62 bits per heavy atom. The summed E-state index contributed by atoms with van der Waals surface area (Å²) in [7, 11) is 0. The van der Waals surface area contributed by atoms with Gasteiger partial charge in [-0.2, -0.15) is 0 Å². The molecule has 2 aromatic carbocycles. The maximum absolute atomic E-state index is 11.8. The van der Waals surface area contributed by atoms with Gasteiger partial charge in [0.1, 0.15) is 0 Å². The van der Waals surface area contributed by atoms with E-state index < -0.39 is 0 Å². The average Bonchev–Trinajstić information content (AvgIpc) is 2.27. The first-order valence-corrected chi connectivity index (χ1v) is 5.75. The van der Waals surface area contributed by atoms with Crippen LogP contribution in [0.4, 0.5) is 0 Å². The molecular weight excluding hydrogens is 266 g/mol. The van der Waals surface area contributed by atoms with Crippen molar-refractivity contribution in [2.75, 3.05) is 0 Å². The molecule has 0 fully saturated rings. The Morgan fingerprint density at radius 3 is 2.38 bits per heavy atom. The van der Waals surface area contributed by atoms with Crippen molar-refractivity contribution in [1.82, 2.24) is 4.98 Å². The third-order valence-electron chi connectivity index (χ3n) is 2.68. The summed E-state index contributed by atoms with van der Waals surface area (Å²) in [6, 6.07) is 13.9. The second-order valence-corrected chi connectivity index (χ2v) is 4.59. The van der Waals surface area contributed by atoms with Crippen LogP contribution in [0.5, 0.6) is 0 Å². The van der Waals surface area contributed by atoms with Gasteiger partial charge in [-0.05, 0) is 50.3 Å². The van der Waals surface area contributed by atoms with Crippen LogP contribution < -0.4 is 5.56 Å². The zero-order chi connectivity index (χ0) is 11.1. The van der Waals surface area contributed by atoms with Crippen LogP contribution in [0.1, 0.15) is 0 Å². The molecule has 78 valence electrons. The minimum Gasteiger partial charge on any atom is -0.316 e. The standard InChI is InChI=1S/C13H8BrNO/c14-12-7-10-5-8-3-1-2-4-9(8)6-11(10)13(16)15-12/h1-7H,(H,15,16). The lowest BCUT2D eigenvalue weighted by atomic mass is 10.1. The molecule has 0 aliphatic carbocycles. The number of hydrogen-bond donors (Lipinski definition) is 1. The van der Waals surface area contributed by atoms with Gasteiger partial charge in [-0.15, -0.1) is 0 Å². The fraction of sp³-hybridized carbons (Fsp3) is 0. The first kappa shape index (κ1) is 9.60. The van der Waals surface area contributed by atoms with Gasteiger partial charge >= 0.3 is 0 Å². The van der Waals surface area contributed by atoms with E-state index in [1.54, 1.807) is 0 Å². The van der Waals surface area contributed by atoms with E-state index in [-0.39, 0.29) is 5.56 Å². The molecule has 0 amide bonds. The van der Waals surface area contributed by atoms with Crippen LogP contribution in [0.15, 0.2) is 51.9 Å². The molecule has 1 heterocycles. The number of hydrogen-bond acceptors (Lipinski definition) is 1. The predicted molar refractivity (Wildman–Crippen MR) is 69.8 cm³/mol. The van der Waals surface area contributed by atoms with Crippen molar-refractivity contribution in [1.29, 1.82) is 0 Å². The highest BCUT2D eigenvalue weighted by Crippen LogP contribution is 2.21. The molecule has 16 heavy (non-hydrogen) atoms. The lowest BCUT2D eigenvalue weighted by Gasteiger charge is -2.01. The molecular formula is C13H8BrNO. The van der Waals surface area contributed by atoms with Gasteiger partial charge < -0.3 is 4.98 Å². The zero-order valence-electron chi connectivity index (χ0n) is 8.33. The van der Waals surface area contributed by atoms with Crippen LogP contribution in [0.3, 0.4) is 0 Å². The normalized spacial score (nSPS) is 11.1. The number of nitrogens with one attached hydrogen (secondary N) is 1. The largest absolute Gasteiger partial charge is 0.316 e. The van der Waals surface area contributed by atoms with Gasteiger partial charge in [0.15, 0.2) is 0 Å². The highest BCUT2D eigenvalue weighted by atomic mass is 79.9. The van der Waals surface area contributed by atoms with Crippen LogP contribution in [-0.2, 0) is 0 Å². The Labute approximate surface area is 100 Å². The van der Waals surface area contributed by atoms with Gasteiger partial charge in [0.05, 0.1) is 4.60 Å². The van der Waals surface area contributed by atoms with E-state index in [1.807, 2.05) is 42.5 Å². The quantitative estimate of drug-likeness (QED) is 0.494. The summed E-state index contributed by atoms with van der Waals surface area (Å²) in [5, 5.41) is 3.91. The van der Waals surface area contributed by atoms with E-state index in [0.717, 1.165) is 21.5 Å². The second kappa shape index (κ2) is 3.46. The number of pyridine rings is 1. The molecule has 3 rings (SSSR count).